The Morgan fingerprint density at radius 1 is 1.38 bits per heavy atom. The number of benzene rings is 1. The first-order valence-electron chi connectivity index (χ1n) is 6.40. The Hall–Kier alpha value is -0.820. The van der Waals surface area contributed by atoms with E-state index >= 15 is 0 Å². The fourth-order valence-electron chi connectivity index (χ4n) is 3.10. The van der Waals surface area contributed by atoms with Gasteiger partial charge in [0.05, 0.1) is 0 Å². The average molecular weight is 217 g/mol. The van der Waals surface area contributed by atoms with Crippen molar-refractivity contribution < 1.29 is 0 Å². The molecule has 16 heavy (non-hydrogen) atoms. The highest BCUT2D eigenvalue weighted by atomic mass is 14.5. The van der Waals surface area contributed by atoms with Gasteiger partial charge in [-0.05, 0) is 53.8 Å². The summed E-state index contributed by atoms with van der Waals surface area (Å²) < 4.78 is 0. The molecule has 0 fully saturated rings. The van der Waals surface area contributed by atoms with E-state index in [4.69, 9.17) is 5.73 Å². The number of hydrogen-bond donors (Lipinski definition) is 1. The lowest BCUT2D eigenvalue weighted by atomic mass is 9.78. The second-order valence-corrected chi connectivity index (χ2v) is 5.68. The summed E-state index contributed by atoms with van der Waals surface area (Å²) in [6.07, 6.45) is 3.45. The molecule has 1 unspecified atom stereocenters. The normalized spacial score (nSPS) is 22.1. The van der Waals surface area contributed by atoms with E-state index in [2.05, 4.69) is 39.0 Å². The van der Waals surface area contributed by atoms with Gasteiger partial charge in [0.1, 0.15) is 0 Å². The van der Waals surface area contributed by atoms with E-state index in [1.165, 1.54) is 12.0 Å². The van der Waals surface area contributed by atoms with Gasteiger partial charge in [-0.3, -0.25) is 0 Å². The fraction of sp³-hybridized carbons (Fsp3) is 0.600. The molecule has 1 aliphatic rings. The van der Waals surface area contributed by atoms with Crippen LogP contribution < -0.4 is 5.73 Å². The topological polar surface area (TPSA) is 26.0 Å². The molecule has 1 heteroatoms. The lowest BCUT2D eigenvalue weighted by Crippen LogP contribution is -2.20. The van der Waals surface area contributed by atoms with Crippen LogP contribution in [-0.4, -0.2) is 6.54 Å². The molecule has 88 valence electrons. The molecule has 0 spiro atoms. The summed E-state index contributed by atoms with van der Waals surface area (Å²) in [5.41, 5.74) is 10.7. The van der Waals surface area contributed by atoms with Crippen molar-refractivity contribution in [3.63, 3.8) is 0 Å². The van der Waals surface area contributed by atoms with Crippen molar-refractivity contribution in [3.05, 3.63) is 34.9 Å². The Kier molecular flexibility index (Phi) is 3.07. The van der Waals surface area contributed by atoms with E-state index in [1.807, 2.05) is 0 Å². The molecule has 0 heterocycles. The summed E-state index contributed by atoms with van der Waals surface area (Å²) in [7, 11) is 0. The van der Waals surface area contributed by atoms with Crippen molar-refractivity contribution in [1.29, 1.82) is 0 Å². The van der Waals surface area contributed by atoms with E-state index in [1.54, 1.807) is 11.1 Å². The Bertz CT molecular complexity index is 379. The highest BCUT2D eigenvalue weighted by Gasteiger charge is 2.37. The third-order valence-corrected chi connectivity index (χ3v) is 4.04. The zero-order chi connectivity index (χ0) is 11.8. The molecule has 0 saturated carbocycles. The van der Waals surface area contributed by atoms with Gasteiger partial charge in [0.2, 0.25) is 0 Å². The van der Waals surface area contributed by atoms with Gasteiger partial charge in [-0.25, -0.2) is 0 Å². The van der Waals surface area contributed by atoms with Gasteiger partial charge >= 0.3 is 0 Å². The molecule has 0 amide bonds. The molecular weight excluding hydrogens is 194 g/mol. The van der Waals surface area contributed by atoms with Crippen LogP contribution in [0, 0.1) is 5.41 Å². The number of aryl methyl sites for hydroxylation is 1. The van der Waals surface area contributed by atoms with Gasteiger partial charge in [-0.1, -0.05) is 39.0 Å². The fourth-order valence-corrected chi connectivity index (χ4v) is 3.10. The third kappa shape index (κ3) is 1.89. The highest BCUT2D eigenvalue weighted by molar-refractivity contribution is 5.41. The minimum Gasteiger partial charge on any atom is -0.330 e. The maximum atomic E-state index is 5.76. The largest absolute Gasteiger partial charge is 0.330 e. The van der Waals surface area contributed by atoms with Gasteiger partial charge in [0, 0.05) is 0 Å². The van der Waals surface area contributed by atoms with Crippen molar-refractivity contribution in [2.75, 3.05) is 6.54 Å². The Morgan fingerprint density at radius 3 is 2.75 bits per heavy atom. The first-order valence-corrected chi connectivity index (χ1v) is 6.40. The van der Waals surface area contributed by atoms with Crippen molar-refractivity contribution in [2.45, 2.75) is 46.0 Å². The van der Waals surface area contributed by atoms with Crippen LogP contribution in [0.4, 0.5) is 0 Å². The van der Waals surface area contributed by atoms with E-state index in [9.17, 15) is 0 Å². The Morgan fingerprint density at radius 2 is 2.12 bits per heavy atom. The highest BCUT2D eigenvalue weighted by Crippen LogP contribution is 2.48. The molecule has 1 atom stereocenters. The summed E-state index contributed by atoms with van der Waals surface area (Å²) >= 11 is 0. The quantitative estimate of drug-likeness (QED) is 0.826. The number of rotatable bonds is 3. The lowest BCUT2D eigenvalue weighted by Gasteiger charge is -2.27. The Balaban J connectivity index is 2.40. The van der Waals surface area contributed by atoms with Gasteiger partial charge in [0.15, 0.2) is 0 Å². The van der Waals surface area contributed by atoms with Crippen LogP contribution in [0.25, 0.3) is 0 Å². The maximum absolute atomic E-state index is 5.76. The third-order valence-electron chi connectivity index (χ3n) is 4.04. The predicted octanol–water partition coefficient (Wildman–Crippen LogP) is 3.26. The summed E-state index contributed by atoms with van der Waals surface area (Å²) in [6, 6.07) is 7.01. The van der Waals surface area contributed by atoms with Crippen LogP contribution in [0.5, 0.6) is 0 Å². The molecule has 0 aromatic heterocycles. The zero-order valence-corrected chi connectivity index (χ0v) is 10.7. The van der Waals surface area contributed by atoms with Crippen molar-refractivity contribution >= 4 is 0 Å². The van der Waals surface area contributed by atoms with Crippen LogP contribution >= 0.6 is 0 Å². The average Bonchev–Trinajstić information content (AvgIpc) is 2.50. The molecular formula is C15H23N. The van der Waals surface area contributed by atoms with Crippen LogP contribution in [0.1, 0.15) is 49.8 Å². The lowest BCUT2D eigenvalue weighted by molar-refractivity contribution is 0.302. The zero-order valence-electron chi connectivity index (χ0n) is 10.7. The second kappa shape index (κ2) is 4.21. The molecule has 2 rings (SSSR count). The van der Waals surface area contributed by atoms with Gasteiger partial charge in [-0.2, -0.15) is 0 Å². The summed E-state index contributed by atoms with van der Waals surface area (Å²) in [6.45, 7) is 7.77. The molecule has 1 aliphatic carbocycles. The Labute approximate surface area is 99.0 Å². The molecule has 0 saturated heterocycles. The van der Waals surface area contributed by atoms with Crippen LogP contribution in [0.15, 0.2) is 18.2 Å². The minimum atomic E-state index is 0.383. The second-order valence-electron chi connectivity index (χ2n) is 5.68. The molecule has 1 aromatic carbocycles. The SMILES string of the molecule is CCc1ccc2c(c1)C(CCN)C(C)(C)C2. The van der Waals surface area contributed by atoms with Gasteiger partial charge in [-0.15, -0.1) is 0 Å². The van der Waals surface area contributed by atoms with Crippen LogP contribution in [0.2, 0.25) is 0 Å². The minimum absolute atomic E-state index is 0.383. The molecule has 1 nitrogen and oxygen atoms in total. The van der Waals surface area contributed by atoms with Gasteiger partial charge < -0.3 is 5.73 Å². The number of nitrogens with two attached hydrogens (primary N) is 1. The summed E-state index contributed by atoms with van der Waals surface area (Å²) in [4.78, 5) is 0. The smallest absolute Gasteiger partial charge is 0.00712 e. The van der Waals surface area contributed by atoms with Crippen molar-refractivity contribution in [3.8, 4) is 0 Å². The van der Waals surface area contributed by atoms with Crippen molar-refractivity contribution in [2.24, 2.45) is 11.1 Å². The predicted molar refractivity (Wildman–Crippen MR) is 69.7 cm³/mol. The number of fused-ring (bicyclic) bond motifs is 1. The molecule has 0 radical (unpaired) electrons. The van der Waals surface area contributed by atoms with Crippen LogP contribution in [-0.2, 0) is 12.8 Å². The van der Waals surface area contributed by atoms with E-state index in [0.717, 1.165) is 19.4 Å². The summed E-state index contributed by atoms with van der Waals surface area (Å²) in [5.74, 6) is 0.652. The molecule has 0 bridgehead atoms. The van der Waals surface area contributed by atoms with E-state index in [0.29, 0.717) is 11.3 Å². The van der Waals surface area contributed by atoms with Crippen molar-refractivity contribution in [1.82, 2.24) is 0 Å². The van der Waals surface area contributed by atoms with Gasteiger partial charge in [0.25, 0.3) is 0 Å². The maximum Gasteiger partial charge on any atom is -0.00712 e. The van der Waals surface area contributed by atoms with E-state index in [-0.39, 0.29) is 0 Å². The van der Waals surface area contributed by atoms with Crippen LogP contribution in [0.3, 0.4) is 0 Å². The molecule has 1 aromatic rings. The summed E-state index contributed by atoms with van der Waals surface area (Å²) in [5, 5.41) is 0. The number of hydrogen-bond acceptors (Lipinski definition) is 1. The standard InChI is InChI=1S/C15H23N/c1-4-11-5-6-12-10-15(2,3)14(7-8-16)13(12)9-11/h5-6,9,14H,4,7-8,10,16H2,1-3H3. The first kappa shape index (κ1) is 11.7. The molecule has 0 aliphatic heterocycles. The monoisotopic (exact) mass is 217 g/mol. The van der Waals surface area contributed by atoms with E-state index < -0.39 is 0 Å². The molecule has 2 N–H and O–H groups in total. The first-order chi connectivity index (χ1) is 7.58.